The molecule has 1 unspecified atom stereocenters. The van der Waals surface area contributed by atoms with E-state index in [1.54, 1.807) is 0 Å². The van der Waals surface area contributed by atoms with Gasteiger partial charge in [0, 0.05) is 42.4 Å². The van der Waals surface area contributed by atoms with Crippen LogP contribution in [0.25, 0.3) is 0 Å². The Morgan fingerprint density at radius 1 is 1.67 bits per heavy atom. The molecule has 1 aromatic heterocycles. The van der Waals surface area contributed by atoms with Gasteiger partial charge < -0.3 is 10.6 Å². The van der Waals surface area contributed by atoms with Crippen molar-refractivity contribution < 1.29 is 0 Å². The average molecular weight is 223 g/mol. The lowest BCUT2D eigenvalue weighted by molar-refractivity contribution is 0.684. The zero-order chi connectivity index (χ0) is 10.7. The second-order valence-corrected chi connectivity index (χ2v) is 4.96. The van der Waals surface area contributed by atoms with Gasteiger partial charge in [0.15, 0.2) is 0 Å². The monoisotopic (exact) mass is 223 g/mol. The fraction of sp³-hybridized carbons (Fsp3) is 0.545. The number of hydrogen-bond acceptors (Lipinski definition) is 4. The molecule has 0 spiro atoms. The van der Waals surface area contributed by atoms with Gasteiger partial charge in [-0.1, -0.05) is 6.07 Å². The molecule has 15 heavy (non-hydrogen) atoms. The Hall–Kier alpha value is -0.740. The van der Waals surface area contributed by atoms with Crippen molar-refractivity contribution in [1.82, 2.24) is 4.98 Å². The van der Waals surface area contributed by atoms with Crippen LogP contribution < -0.4 is 10.6 Å². The first-order chi connectivity index (χ1) is 7.33. The summed E-state index contributed by atoms with van der Waals surface area (Å²) >= 11 is 2.01. The maximum Gasteiger partial charge on any atom is 0.133 e. The first-order valence-corrected chi connectivity index (χ1v) is 6.46. The first kappa shape index (κ1) is 10.8. The van der Waals surface area contributed by atoms with Gasteiger partial charge >= 0.3 is 0 Å². The number of thioether (sulfide) groups is 1. The van der Waals surface area contributed by atoms with Gasteiger partial charge in [-0.3, -0.25) is 0 Å². The molecule has 0 radical (unpaired) electrons. The molecule has 3 nitrogen and oxygen atoms in total. The molecule has 0 bridgehead atoms. The summed E-state index contributed by atoms with van der Waals surface area (Å²) in [6, 6.07) is 4.58. The maximum atomic E-state index is 5.73. The molecular weight excluding hydrogens is 206 g/mol. The molecule has 2 rings (SSSR count). The van der Waals surface area contributed by atoms with Crippen LogP contribution in [0, 0.1) is 0 Å². The number of nitrogens with two attached hydrogens (primary N) is 1. The van der Waals surface area contributed by atoms with E-state index in [1.807, 2.05) is 24.0 Å². The first-order valence-electron chi connectivity index (χ1n) is 5.31. The second-order valence-electron chi connectivity index (χ2n) is 3.81. The lowest BCUT2D eigenvalue weighted by atomic mass is 10.2. The van der Waals surface area contributed by atoms with Crippen LogP contribution in [0.15, 0.2) is 18.3 Å². The topological polar surface area (TPSA) is 42.2 Å². The molecule has 0 aromatic carbocycles. The molecule has 2 heterocycles. The van der Waals surface area contributed by atoms with Crippen LogP contribution in [0.1, 0.15) is 12.5 Å². The third-order valence-corrected chi connectivity index (χ3v) is 3.92. The zero-order valence-corrected chi connectivity index (χ0v) is 9.83. The molecule has 82 valence electrons. The Morgan fingerprint density at radius 3 is 3.27 bits per heavy atom. The molecule has 0 aliphatic carbocycles. The van der Waals surface area contributed by atoms with Crippen molar-refractivity contribution >= 4 is 17.6 Å². The number of rotatable bonds is 2. The lowest BCUT2D eigenvalue weighted by Crippen LogP contribution is -2.41. The Labute approximate surface area is 95.1 Å². The number of aromatic nitrogens is 1. The standard InChI is InChI=1S/C11H17N3S/c1-9-8-15-6-5-14(9)11-10(7-12)3-2-4-13-11/h2-4,9H,5-8,12H2,1H3. The summed E-state index contributed by atoms with van der Waals surface area (Å²) in [5.41, 5.74) is 6.88. The SMILES string of the molecule is CC1CSCCN1c1ncccc1CN. The fourth-order valence-corrected chi connectivity index (χ4v) is 2.90. The summed E-state index contributed by atoms with van der Waals surface area (Å²) in [5.74, 6) is 3.44. The number of nitrogens with zero attached hydrogens (tertiary/aromatic N) is 2. The minimum atomic E-state index is 0.559. The highest BCUT2D eigenvalue weighted by molar-refractivity contribution is 7.99. The summed E-state index contributed by atoms with van der Waals surface area (Å²) in [7, 11) is 0. The highest BCUT2D eigenvalue weighted by atomic mass is 32.2. The van der Waals surface area contributed by atoms with Gasteiger partial charge in [0.05, 0.1) is 0 Å². The molecule has 1 aliphatic heterocycles. The minimum absolute atomic E-state index is 0.559. The van der Waals surface area contributed by atoms with Gasteiger partial charge in [-0.2, -0.15) is 11.8 Å². The maximum absolute atomic E-state index is 5.73. The van der Waals surface area contributed by atoms with E-state index in [-0.39, 0.29) is 0 Å². The van der Waals surface area contributed by atoms with Crippen molar-refractivity contribution in [1.29, 1.82) is 0 Å². The normalized spacial score (nSPS) is 21.7. The van der Waals surface area contributed by atoms with E-state index in [4.69, 9.17) is 5.73 Å². The van der Waals surface area contributed by atoms with Crippen LogP contribution in [0.3, 0.4) is 0 Å². The lowest BCUT2D eigenvalue weighted by Gasteiger charge is -2.35. The quantitative estimate of drug-likeness (QED) is 0.824. The fourth-order valence-electron chi connectivity index (χ4n) is 1.89. The van der Waals surface area contributed by atoms with Crippen molar-refractivity contribution in [2.75, 3.05) is 23.0 Å². The van der Waals surface area contributed by atoms with E-state index in [9.17, 15) is 0 Å². The predicted molar refractivity (Wildman–Crippen MR) is 66.3 cm³/mol. The van der Waals surface area contributed by atoms with Crippen LogP contribution in [-0.2, 0) is 6.54 Å². The predicted octanol–water partition coefficient (Wildman–Crippen LogP) is 1.48. The molecule has 1 aromatic rings. The number of anilines is 1. The van der Waals surface area contributed by atoms with E-state index in [0.29, 0.717) is 12.6 Å². The Kier molecular flexibility index (Phi) is 3.49. The third-order valence-electron chi connectivity index (χ3n) is 2.73. The van der Waals surface area contributed by atoms with Crippen LogP contribution in [0.4, 0.5) is 5.82 Å². The number of pyridine rings is 1. The molecule has 1 atom stereocenters. The minimum Gasteiger partial charge on any atom is -0.352 e. The van der Waals surface area contributed by atoms with Crippen molar-refractivity contribution in [3.63, 3.8) is 0 Å². The summed E-state index contributed by atoms with van der Waals surface area (Å²) < 4.78 is 0. The van der Waals surface area contributed by atoms with E-state index >= 15 is 0 Å². The van der Waals surface area contributed by atoms with Crippen LogP contribution in [0.5, 0.6) is 0 Å². The van der Waals surface area contributed by atoms with Crippen molar-refractivity contribution in [3.05, 3.63) is 23.9 Å². The second kappa shape index (κ2) is 4.86. The smallest absolute Gasteiger partial charge is 0.133 e. The van der Waals surface area contributed by atoms with Crippen molar-refractivity contribution in [2.45, 2.75) is 19.5 Å². The van der Waals surface area contributed by atoms with Crippen molar-refractivity contribution in [2.24, 2.45) is 5.73 Å². The molecular formula is C11H17N3S. The average Bonchev–Trinajstić information content (AvgIpc) is 2.30. The van der Waals surface area contributed by atoms with Gasteiger partial charge in [0.2, 0.25) is 0 Å². The van der Waals surface area contributed by atoms with Gasteiger partial charge in [-0.15, -0.1) is 0 Å². The molecule has 1 saturated heterocycles. The zero-order valence-electron chi connectivity index (χ0n) is 9.02. The van der Waals surface area contributed by atoms with E-state index < -0.39 is 0 Å². The Bertz CT molecular complexity index is 329. The van der Waals surface area contributed by atoms with Gasteiger partial charge in [-0.05, 0) is 13.0 Å². The summed E-state index contributed by atoms with van der Waals surface area (Å²) in [6.07, 6.45) is 1.85. The van der Waals surface area contributed by atoms with Crippen LogP contribution in [-0.4, -0.2) is 29.1 Å². The summed E-state index contributed by atoms with van der Waals surface area (Å²) in [6.45, 7) is 3.90. The molecule has 0 amide bonds. The molecule has 0 saturated carbocycles. The Balaban J connectivity index is 2.26. The Morgan fingerprint density at radius 2 is 2.53 bits per heavy atom. The number of hydrogen-bond donors (Lipinski definition) is 1. The molecule has 1 aliphatic rings. The molecule has 1 fully saturated rings. The van der Waals surface area contributed by atoms with Gasteiger partial charge in [-0.25, -0.2) is 4.98 Å². The summed E-state index contributed by atoms with van der Waals surface area (Å²) in [5, 5.41) is 0. The van der Waals surface area contributed by atoms with Gasteiger partial charge in [0.25, 0.3) is 0 Å². The highest BCUT2D eigenvalue weighted by Crippen LogP contribution is 2.24. The summed E-state index contributed by atoms with van der Waals surface area (Å²) in [4.78, 5) is 6.83. The van der Waals surface area contributed by atoms with Crippen LogP contribution in [0.2, 0.25) is 0 Å². The van der Waals surface area contributed by atoms with Gasteiger partial charge in [0.1, 0.15) is 5.82 Å². The molecule has 4 heteroatoms. The molecule has 2 N–H and O–H groups in total. The van der Waals surface area contributed by atoms with Crippen molar-refractivity contribution in [3.8, 4) is 0 Å². The largest absolute Gasteiger partial charge is 0.352 e. The highest BCUT2D eigenvalue weighted by Gasteiger charge is 2.21. The van der Waals surface area contributed by atoms with E-state index in [1.165, 1.54) is 11.5 Å². The van der Waals surface area contributed by atoms with Crippen LogP contribution >= 0.6 is 11.8 Å². The van der Waals surface area contributed by atoms with E-state index in [0.717, 1.165) is 17.9 Å². The third kappa shape index (κ3) is 2.26. The van der Waals surface area contributed by atoms with E-state index in [2.05, 4.69) is 22.9 Å².